The van der Waals surface area contributed by atoms with E-state index in [9.17, 15) is 17.1 Å². The van der Waals surface area contributed by atoms with E-state index < -0.39 is 27.2 Å². The first-order valence-electron chi connectivity index (χ1n) is 5.51. The number of carbonyl (C=O) groups excluding carboxylic acids is 1. The van der Waals surface area contributed by atoms with E-state index in [2.05, 4.69) is 0 Å². The predicted molar refractivity (Wildman–Crippen MR) is 60.9 cm³/mol. The van der Waals surface area contributed by atoms with Gasteiger partial charge in [-0.25, -0.2) is 4.79 Å². The van der Waals surface area contributed by atoms with Crippen LogP contribution in [0.5, 0.6) is 0 Å². The third-order valence-electron chi connectivity index (χ3n) is 2.43. The Kier molecular flexibility index (Phi) is 4.01. The van der Waals surface area contributed by atoms with Crippen molar-refractivity contribution in [3.8, 4) is 0 Å². The molecule has 17 heavy (non-hydrogen) atoms. The van der Waals surface area contributed by atoms with Gasteiger partial charge in [0.2, 0.25) is 0 Å². The first-order chi connectivity index (χ1) is 7.59. The van der Waals surface area contributed by atoms with E-state index in [1.165, 1.54) is 4.90 Å². The number of ether oxygens (including phenoxy) is 1. The summed E-state index contributed by atoms with van der Waals surface area (Å²) >= 11 is 0. The quantitative estimate of drug-likeness (QED) is 0.678. The molecular weight excluding hydrogens is 249 g/mol. The van der Waals surface area contributed by atoms with Gasteiger partial charge in [-0.1, -0.05) is 0 Å². The van der Waals surface area contributed by atoms with Gasteiger partial charge in [0.25, 0.3) is 0 Å². The minimum absolute atomic E-state index is 0.131. The molecule has 1 atom stereocenters. The second-order valence-corrected chi connectivity index (χ2v) is 6.78. The summed E-state index contributed by atoms with van der Waals surface area (Å²) in [7, 11) is -4.59. The lowest BCUT2D eigenvalue weighted by Crippen LogP contribution is -2.46. The van der Waals surface area contributed by atoms with Crippen LogP contribution in [0.3, 0.4) is 0 Å². The smallest absolute Gasteiger partial charge is 0.410 e. The van der Waals surface area contributed by atoms with E-state index in [-0.39, 0.29) is 13.0 Å². The summed E-state index contributed by atoms with van der Waals surface area (Å²) in [6, 6.07) is 0. The van der Waals surface area contributed by atoms with Gasteiger partial charge in [0.15, 0.2) is 0 Å². The number of halogens is 1. The Morgan fingerprint density at radius 2 is 2.00 bits per heavy atom. The highest BCUT2D eigenvalue weighted by Gasteiger charge is 2.34. The summed E-state index contributed by atoms with van der Waals surface area (Å²) in [6.07, 6.45) is 0.122. The molecule has 1 saturated heterocycles. The van der Waals surface area contributed by atoms with Gasteiger partial charge in [0.1, 0.15) is 10.9 Å². The van der Waals surface area contributed by atoms with Gasteiger partial charge < -0.3 is 9.64 Å². The van der Waals surface area contributed by atoms with Crippen molar-refractivity contribution in [2.24, 2.45) is 0 Å². The number of amides is 1. The van der Waals surface area contributed by atoms with E-state index in [4.69, 9.17) is 4.74 Å². The molecule has 5 nitrogen and oxygen atoms in total. The van der Waals surface area contributed by atoms with E-state index in [1.807, 2.05) is 0 Å². The maximum Gasteiger partial charge on any atom is 0.410 e. The number of likely N-dealkylation sites (tertiary alicyclic amines) is 1. The zero-order valence-corrected chi connectivity index (χ0v) is 11.1. The molecule has 1 rings (SSSR count). The number of nitrogens with zero attached hydrogens (tertiary/aromatic N) is 1. The molecule has 7 heteroatoms. The molecule has 1 amide bonds. The molecule has 0 aromatic carbocycles. The van der Waals surface area contributed by atoms with Gasteiger partial charge in [0, 0.05) is 13.1 Å². The molecule has 0 aromatic rings. The van der Waals surface area contributed by atoms with Crippen molar-refractivity contribution in [3.05, 3.63) is 0 Å². The van der Waals surface area contributed by atoms with Crippen molar-refractivity contribution in [2.45, 2.75) is 44.5 Å². The SMILES string of the molecule is CC(C)(C)OC(=O)N1CCCC(S(=O)(=O)F)C1. The zero-order valence-electron chi connectivity index (χ0n) is 10.3. The number of rotatable bonds is 1. The fourth-order valence-corrected chi connectivity index (χ4v) is 2.47. The van der Waals surface area contributed by atoms with Crippen LogP contribution in [0.25, 0.3) is 0 Å². The lowest BCUT2D eigenvalue weighted by atomic mass is 10.1. The maximum absolute atomic E-state index is 12.8. The van der Waals surface area contributed by atoms with E-state index in [0.717, 1.165) is 0 Å². The number of carbonyl (C=O) groups is 1. The van der Waals surface area contributed by atoms with Crippen LogP contribution >= 0.6 is 0 Å². The molecule has 1 unspecified atom stereocenters. The molecule has 1 aliphatic rings. The topological polar surface area (TPSA) is 63.7 Å². The standard InChI is InChI=1S/C10H18FNO4S/c1-10(2,3)16-9(13)12-6-4-5-8(7-12)17(11,14)15/h8H,4-7H2,1-3H3. The van der Waals surface area contributed by atoms with Crippen LogP contribution in [0.15, 0.2) is 0 Å². The molecule has 1 aliphatic heterocycles. The summed E-state index contributed by atoms with van der Waals surface area (Å²) in [6.45, 7) is 5.43. The van der Waals surface area contributed by atoms with Gasteiger partial charge >= 0.3 is 16.3 Å². The van der Waals surface area contributed by atoms with Crippen LogP contribution in [0, 0.1) is 0 Å². The van der Waals surface area contributed by atoms with Crippen LogP contribution in [0.4, 0.5) is 8.68 Å². The van der Waals surface area contributed by atoms with Crippen molar-refractivity contribution < 1.29 is 21.8 Å². The summed E-state index contributed by atoms with van der Waals surface area (Å²) in [5.74, 6) is 0. The fraction of sp³-hybridized carbons (Fsp3) is 0.900. The van der Waals surface area contributed by atoms with Crippen molar-refractivity contribution in [2.75, 3.05) is 13.1 Å². The van der Waals surface area contributed by atoms with Gasteiger partial charge in [-0.05, 0) is 33.6 Å². The molecule has 100 valence electrons. The van der Waals surface area contributed by atoms with Gasteiger partial charge in [-0.2, -0.15) is 8.42 Å². The van der Waals surface area contributed by atoms with Crippen LogP contribution in [0.2, 0.25) is 0 Å². The summed E-state index contributed by atoms with van der Waals surface area (Å²) < 4.78 is 39.5. The maximum atomic E-state index is 12.8. The zero-order chi connectivity index (χ0) is 13.3. The first kappa shape index (κ1) is 14.2. The molecule has 0 bridgehead atoms. The average Bonchev–Trinajstić information content (AvgIpc) is 2.14. The number of hydrogen-bond acceptors (Lipinski definition) is 4. The van der Waals surface area contributed by atoms with Crippen LogP contribution in [-0.4, -0.2) is 43.4 Å². The Bertz CT molecular complexity index is 388. The Morgan fingerprint density at radius 1 is 1.41 bits per heavy atom. The second kappa shape index (κ2) is 4.80. The van der Waals surface area contributed by atoms with E-state index in [0.29, 0.717) is 13.0 Å². The molecule has 0 spiro atoms. The lowest BCUT2D eigenvalue weighted by molar-refractivity contribution is 0.0218. The molecule has 1 fully saturated rings. The van der Waals surface area contributed by atoms with Crippen LogP contribution in [0.1, 0.15) is 33.6 Å². The molecule has 0 aromatic heterocycles. The van der Waals surface area contributed by atoms with Crippen molar-refractivity contribution >= 4 is 16.3 Å². The van der Waals surface area contributed by atoms with Crippen molar-refractivity contribution in [1.29, 1.82) is 0 Å². The summed E-state index contributed by atoms with van der Waals surface area (Å²) in [5.41, 5.74) is -0.640. The van der Waals surface area contributed by atoms with Gasteiger partial charge in [0.05, 0.1) is 0 Å². The van der Waals surface area contributed by atoms with Gasteiger partial charge in [-0.15, -0.1) is 3.89 Å². The molecule has 1 heterocycles. The number of piperidine rings is 1. The fourth-order valence-electron chi connectivity index (χ4n) is 1.66. The molecule has 0 aliphatic carbocycles. The Balaban J connectivity index is 2.64. The minimum Gasteiger partial charge on any atom is -0.444 e. The average molecular weight is 267 g/mol. The van der Waals surface area contributed by atoms with Crippen molar-refractivity contribution in [3.63, 3.8) is 0 Å². The third-order valence-corrected chi connectivity index (χ3v) is 3.61. The van der Waals surface area contributed by atoms with Gasteiger partial charge in [-0.3, -0.25) is 0 Å². The normalized spacial score (nSPS) is 22.4. The van der Waals surface area contributed by atoms with Crippen LogP contribution in [-0.2, 0) is 15.0 Å². The summed E-state index contributed by atoms with van der Waals surface area (Å²) in [5, 5.41) is -1.12. The summed E-state index contributed by atoms with van der Waals surface area (Å²) in [4.78, 5) is 12.9. The lowest BCUT2D eigenvalue weighted by Gasteiger charge is -2.32. The first-order valence-corrected chi connectivity index (χ1v) is 6.95. The third kappa shape index (κ3) is 4.49. The molecule has 0 saturated carbocycles. The minimum atomic E-state index is -4.59. The highest BCUT2D eigenvalue weighted by atomic mass is 32.3. The predicted octanol–water partition coefficient (Wildman–Crippen LogP) is 1.69. The molecule has 0 radical (unpaired) electrons. The highest BCUT2D eigenvalue weighted by molar-refractivity contribution is 7.87. The van der Waals surface area contributed by atoms with Crippen molar-refractivity contribution in [1.82, 2.24) is 4.90 Å². The Morgan fingerprint density at radius 3 is 2.47 bits per heavy atom. The van der Waals surface area contributed by atoms with Crippen LogP contribution < -0.4 is 0 Å². The monoisotopic (exact) mass is 267 g/mol. The Hall–Kier alpha value is -0.850. The Labute approximate surface area is 101 Å². The second-order valence-electron chi connectivity index (χ2n) is 5.17. The van der Waals surface area contributed by atoms with E-state index >= 15 is 0 Å². The molecule has 0 N–H and O–H groups in total. The highest BCUT2D eigenvalue weighted by Crippen LogP contribution is 2.20. The molecular formula is C10H18FNO4S. The largest absolute Gasteiger partial charge is 0.444 e. The number of hydrogen-bond donors (Lipinski definition) is 0. The van der Waals surface area contributed by atoms with E-state index in [1.54, 1.807) is 20.8 Å².